The van der Waals surface area contributed by atoms with Crippen LogP contribution in [0.2, 0.25) is 0 Å². The lowest BCUT2D eigenvalue weighted by molar-refractivity contribution is 0.476. The topological polar surface area (TPSA) is 54.4 Å². The second kappa shape index (κ2) is 5.91. The van der Waals surface area contributed by atoms with Gasteiger partial charge in [-0.3, -0.25) is 9.00 Å². The zero-order valence-electron chi connectivity index (χ0n) is 12.4. The highest BCUT2D eigenvalue weighted by molar-refractivity contribution is 9.10. The first-order valence-corrected chi connectivity index (χ1v) is 10.00. The van der Waals surface area contributed by atoms with Crippen molar-refractivity contribution in [3.63, 3.8) is 0 Å². The van der Waals surface area contributed by atoms with E-state index in [0.717, 1.165) is 26.4 Å². The maximum Gasteiger partial charge on any atom is 0.186 e. The molecule has 0 aliphatic heterocycles. The average Bonchev–Trinajstić information content (AvgIpc) is 2.55. The van der Waals surface area contributed by atoms with Gasteiger partial charge >= 0.3 is 0 Å². The molecule has 3 aromatic carbocycles. The van der Waals surface area contributed by atoms with E-state index in [2.05, 4.69) is 15.9 Å². The Balaban J connectivity index is 2.10. The lowest BCUT2D eigenvalue weighted by atomic mass is 10.0. The molecule has 0 spiro atoms. The summed E-state index contributed by atoms with van der Waals surface area (Å²) >= 11 is 3.62. The van der Waals surface area contributed by atoms with E-state index >= 15 is 0 Å². The van der Waals surface area contributed by atoms with E-state index < -0.39 is 9.93 Å². The Morgan fingerprint density at radius 1 is 1.04 bits per heavy atom. The minimum atomic E-state index is -2.91. The fraction of sp³-hybridized carbons (Fsp3) is 0.0556. The molecule has 0 fully saturated rings. The number of carbonyl (C=O) groups excluding carboxylic acids is 1. The summed E-state index contributed by atoms with van der Waals surface area (Å²) in [5.74, 6) is 0.231. The molecule has 3 rings (SSSR count). The number of fused-ring (bicyclic) bond motifs is 1. The number of hydrogen-bond donors (Lipinski definition) is 2. The molecule has 118 valence electrons. The first-order valence-electron chi connectivity index (χ1n) is 6.98. The first kappa shape index (κ1) is 15.9. The molecule has 5 heteroatoms. The van der Waals surface area contributed by atoms with E-state index in [1.807, 2.05) is 30.3 Å². The molecule has 3 aromatic rings. The van der Waals surface area contributed by atoms with Gasteiger partial charge in [0.25, 0.3) is 0 Å². The second-order valence-electron chi connectivity index (χ2n) is 5.48. The quantitative estimate of drug-likeness (QED) is 0.521. The van der Waals surface area contributed by atoms with E-state index in [-0.39, 0.29) is 5.75 Å². The van der Waals surface area contributed by atoms with Crippen LogP contribution in [0.1, 0.15) is 0 Å². The number of phenols is 1. The highest BCUT2D eigenvalue weighted by atomic mass is 79.9. The number of hydrogen-bond acceptors (Lipinski definition) is 3. The van der Waals surface area contributed by atoms with Gasteiger partial charge in [-0.05, 0) is 84.3 Å². The van der Waals surface area contributed by atoms with Crippen LogP contribution in [-0.4, -0.2) is 21.2 Å². The van der Waals surface area contributed by atoms with Crippen LogP contribution in [0.4, 0.5) is 0 Å². The van der Waals surface area contributed by atoms with Crippen molar-refractivity contribution in [1.29, 1.82) is 0 Å². The predicted molar refractivity (Wildman–Crippen MR) is 99.2 cm³/mol. The smallest absolute Gasteiger partial charge is 0.186 e. The van der Waals surface area contributed by atoms with Gasteiger partial charge in [-0.1, -0.05) is 24.3 Å². The van der Waals surface area contributed by atoms with E-state index in [1.54, 1.807) is 24.3 Å². The summed E-state index contributed by atoms with van der Waals surface area (Å²) in [7, 11) is -2.91. The second-order valence-corrected chi connectivity index (χ2v) is 8.98. The van der Waals surface area contributed by atoms with E-state index in [4.69, 9.17) is 0 Å². The normalized spacial score (nSPS) is 12.3. The minimum absolute atomic E-state index is 0.231. The summed E-state index contributed by atoms with van der Waals surface area (Å²) in [5.41, 5.74) is 2.48. The molecule has 0 saturated carbocycles. The number of aromatic hydroxyl groups is 1. The predicted octanol–water partition coefficient (Wildman–Crippen LogP) is 4.17. The molecule has 0 saturated heterocycles. The van der Waals surface area contributed by atoms with Gasteiger partial charge < -0.3 is 5.11 Å². The molecule has 0 atom stereocenters. The Labute approximate surface area is 143 Å². The van der Waals surface area contributed by atoms with Crippen LogP contribution in [0.25, 0.3) is 21.9 Å². The zero-order valence-corrected chi connectivity index (χ0v) is 14.8. The van der Waals surface area contributed by atoms with Gasteiger partial charge in [0.15, 0.2) is 5.62 Å². The monoisotopic (exact) mass is 390 g/mol. The minimum Gasteiger partial charge on any atom is -0.508 e. The van der Waals surface area contributed by atoms with Gasteiger partial charge in [-0.2, -0.15) is 0 Å². The van der Waals surface area contributed by atoms with Crippen molar-refractivity contribution < 1.29 is 14.1 Å². The summed E-state index contributed by atoms with van der Waals surface area (Å²) in [5, 5.41) is 11.5. The Morgan fingerprint density at radius 3 is 2.39 bits per heavy atom. The Hall–Kier alpha value is -1.98. The van der Waals surface area contributed by atoms with Crippen molar-refractivity contribution in [2.24, 2.45) is 0 Å². The molecule has 23 heavy (non-hydrogen) atoms. The van der Waals surface area contributed by atoms with Gasteiger partial charge in [-0.15, -0.1) is 0 Å². The highest BCUT2D eigenvalue weighted by Gasteiger charge is 2.12. The van der Waals surface area contributed by atoms with E-state index in [0.29, 0.717) is 10.5 Å². The summed E-state index contributed by atoms with van der Waals surface area (Å²) in [6.07, 6.45) is 1.47. The number of benzene rings is 3. The maximum absolute atomic E-state index is 12.1. The van der Waals surface area contributed by atoms with E-state index in [1.165, 1.54) is 6.26 Å². The van der Waals surface area contributed by atoms with Crippen LogP contribution in [0.3, 0.4) is 0 Å². The van der Waals surface area contributed by atoms with Crippen molar-refractivity contribution >= 4 is 42.3 Å². The number of carbonyl (C=O) groups is 1. The largest absolute Gasteiger partial charge is 0.508 e. The van der Waals surface area contributed by atoms with Crippen LogP contribution < -0.4 is 0 Å². The molecule has 0 aromatic heterocycles. The zero-order chi connectivity index (χ0) is 16.6. The number of rotatable bonds is 3. The van der Waals surface area contributed by atoms with Crippen molar-refractivity contribution in [1.82, 2.24) is 0 Å². The Bertz CT molecular complexity index is 948. The van der Waals surface area contributed by atoms with Crippen LogP contribution in [0, 0.1) is 0 Å². The molecule has 0 amide bonds. The average molecular weight is 391 g/mol. The van der Waals surface area contributed by atoms with Gasteiger partial charge in [0, 0.05) is 9.37 Å². The molecular weight excluding hydrogens is 376 g/mol. The van der Waals surface area contributed by atoms with Crippen molar-refractivity contribution in [3.8, 4) is 16.9 Å². The maximum atomic E-state index is 12.1. The van der Waals surface area contributed by atoms with Gasteiger partial charge in [0.2, 0.25) is 0 Å². The fourth-order valence-corrected chi connectivity index (χ4v) is 4.09. The molecule has 0 bridgehead atoms. The molecule has 3 nitrogen and oxygen atoms in total. The summed E-state index contributed by atoms with van der Waals surface area (Å²) in [6, 6.07) is 16.3. The summed E-state index contributed by atoms with van der Waals surface area (Å²) in [6.45, 7) is 0. The van der Waals surface area contributed by atoms with Crippen LogP contribution in [0.15, 0.2) is 64.0 Å². The standard InChI is InChI=1S/C18H15BrO3S/c1-23(22,11-20)15-6-2-12(3-7-15)16-8-4-13-10-14(21)5-9-17(13)18(16)19/h2-11,21,23H,1H3. The summed E-state index contributed by atoms with van der Waals surface area (Å²) < 4.78 is 13.0. The molecule has 0 radical (unpaired) electrons. The molecule has 1 N–H and O–H groups in total. The summed E-state index contributed by atoms with van der Waals surface area (Å²) in [4.78, 5) is 11.5. The molecule has 0 aliphatic rings. The molecule has 0 heterocycles. The molecule has 0 unspecified atom stereocenters. The van der Waals surface area contributed by atoms with Crippen LogP contribution in [0.5, 0.6) is 5.75 Å². The lowest BCUT2D eigenvalue weighted by Gasteiger charge is -2.13. The van der Waals surface area contributed by atoms with Crippen molar-refractivity contribution in [2.45, 2.75) is 4.90 Å². The lowest BCUT2D eigenvalue weighted by Crippen LogP contribution is -2.10. The Morgan fingerprint density at radius 2 is 1.74 bits per heavy atom. The van der Waals surface area contributed by atoms with Crippen LogP contribution in [-0.2, 0) is 14.7 Å². The fourth-order valence-electron chi connectivity index (χ4n) is 2.50. The van der Waals surface area contributed by atoms with Crippen LogP contribution >= 0.6 is 15.9 Å². The van der Waals surface area contributed by atoms with Gasteiger partial charge in [0.05, 0.1) is 0 Å². The van der Waals surface area contributed by atoms with E-state index in [9.17, 15) is 14.1 Å². The van der Waals surface area contributed by atoms with Crippen molar-refractivity contribution in [3.05, 3.63) is 59.1 Å². The third kappa shape index (κ3) is 2.94. The SMILES string of the molecule is C[SH](=O)(C=O)c1ccc(-c2ccc3cc(O)ccc3c2Br)cc1. The third-order valence-corrected chi connectivity index (χ3v) is 6.41. The number of thiol groups is 1. The number of phenolic OH excluding ortho intramolecular Hbond substituents is 1. The Kier molecular flexibility index (Phi) is 4.08. The van der Waals surface area contributed by atoms with Gasteiger partial charge in [0.1, 0.15) is 5.75 Å². The highest BCUT2D eigenvalue weighted by Crippen LogP contribution is 2.36. The third-order valence-electron chi connectivity index (χ3n) is 3.83. The number of halogens is 1. The van der Waals surface area contributed by atoms with Crippen molar-refractivity contribution in [2.75, 3.05) is 6.26 Å². The van der Waals surface area contributed by atoms with Gasteiger partial charge in [-0.25, -0.2) is 0 Å². The molecule has 0 aliphatic carbocycles. The first-order chi connectivity index (χ1) is 10.9. The molecular formula is C18H15BrO3S.